The first kappa shape index (κ1) is 20.0. The number of nitrogens with zero attached hydrogens (tertiary/aromatic N) is 3. The molecule has 30 heavy (non-hydrogen) atoms. The van der Waals surface area contributed by atoms with E-state index in [2.05, 4.69) is 48.4 Å². The quantitative estimate of drug-likeness (QED) is 0.425. The summed E-state index contributed by atoms with van der Waals surface area (Å²) in [6.07, 6.45) is 0.674. The summed E-state index contributed by atoms with van der Waals surface area (Å²) in [4.78, 5) is 17.6. The lowest BCUT2D eigenvalue weighted by molar-refractivity contribution is 0.109. The minimum Gasteiger partial charge on any atom is -0.376 e. The van der Waals surface area contributed by atoms with Crippen molar-refractivity contribution in [1.82, 2.24) is 19.9 Å². The molecular formula is C24H27N5O. The maximum Gasteiger partial charge on any atom is 0.183 e. The van der Waals surface area contributed by atoms with Crippen molar-refractivity contribution in [3.8, 4) is 0 Å². The normalized spacial score (nSPS) is 12.2. The Hall–Kier alpha value is -3.25. The number of aromatic amines is 1. The van der Waals surface area contributed by atoms with E-state index in [9.17, 15) is 0 Å². The number of imidazole rings is 1. The average Bonchev–Trinajstić information content (AvgIpc) is 3.20. The fourth-order valence-corrected chi connectivity index (χ4v) is 3.35. The predicted molar refractivity (Wildman–Crippen MR) is 120 cm³/mol. The lowest BCUT2D eigenvalue weighted by Crippen LogP contribution is -2.06. The van der Waals surface area contributed by atoms with Gasteiger partial charge in [-0.25, -0.2) is 15.0 Å². The SMILES string of the molecule is CCNc1nc(Cc2ccccc2)nc2nc(C(C)COCc3ccccc3)[nH]c12. The molecule has 2 heterocycles. The number of aromatic nitrogens is 4. The Morgan fingerprint density at radius 3 is 2.33 bits per heavy atom. The lowest BCUT2D eigenvalue weighted by Gasteiger charge is -2.09. The Balaban J connectivity index is 1.52. The molecule has 0 fully saturated rings. The van der Waals surface area contributed by atoms with Crippen LogP contribution in [0.2, 0.25) is 0 Å². The van der Waals surface area contributed by atoms with Gasteiger partial charge in [0.15, 0.2) is 11.5 Å². The Labute approximate surface area is 176 Å². The van der Waals surface area contributed by atoms with Gasteiger partial charge in [0.1, 0.15) is 17.2 Å². The Morgan fingerprint density at radius 1 is 0.933 bits per heavy atom. The molecule has 1 atom stereocenters. The number of ether oxygens (including phenoxy) is 1. The van der Waals surface area contributed by atoms with Gasteiger partial charge in [-0.2, -0.15) is 0 Å². The third-order valence-electron chi connectivity index (χ3n) is 4.91. The molecule has 4 rings (SSSR count). The summed E-state index contributed by atoms with van der Waals surface area (Å²) < 4.78 is 5.90. The van der Waals surface area contributed by atoms with E-state index < -0.39 is 0 Å². The number of nitrogens with one attached hydrogen (secondary N) is 2. The molecule has 4 aromatic rings. The molecule has 6 nitrogen and oxygen atoms in total. The van der Waals surface area contributed by atoms with Crippen molar-refractivity contribution < 1.29 is 4.74 Å². The van der Waals surface area contributed by atoms with E-state index in [-0.39, 0.29) is 5.92 Å². The Bertz CT molecular complexity index is 1080. The first-order valence-electron chi connectivity index (χ1n) is 10.4. The van der Waals surface area contributed by atoms with Crippen LogP contribution in [-0.4, -0.2) is 33.1 Å². The van der Waals surface area contributed by atoms with Crippen molar-refractivity contribution in [2.45, 2.75) is 32.8 Å². The summed E-state index contributed by atoms with van der Waals surface area (Å²) in [5, 5.41) is 3.34. The van der Waals surface area contributed by atoms with Crippen molar-refractivity contribution in [3.05, 3.63) is 83.4 Å². The zero-order valence-corrected chi connectivity index (χ0v) is 17.4. The molecule has 0 bridgehead atoms. The summed E-state index contributed by atoms with van der Waals surface area (Å²) in [6, 6.07) is 20.4. The summed E-state index contributed by atoms with van der Waals surface area (Å²) in [7, 11) is 0. The molecule has 0 saturated heterocycles. The van der Waals surface area contributed by atoms with E-state index in [1.165, 1.54) is 11.1 Å². The highest BCUT2D eigenvalue weighted by atomic mass is 16.5. The van der Waals surface area contributed by atoms with Gasteiger partial charge < -0.3 is 15.0 Å². The van der Waals surface area contributed by atoms with Gasteiger partial charge in [0, 0.05) is 18.9 Å². The molecule has 0 aliphatic rings. The highest BCUT2D eigenvalue weighted by Crippen LogP contribution is 2.23. The minimum atomic E-state index is 0.120. The van der Waals surface area contributed by atoms with Crippen molar-refractivity contribution >= 4 is 17.0 Å². The van der Waals surface area contributed by atoms with Crippen LogP contribution < -0.4 is 5.32 Å². The second-order valence-corrected chi connectivity index (χ2v) is 7.40. The molecule has 2 N–H and O–H groups in total. The van der Waals surface area contributed by atoms with Gasteiger partial charge in [0.2, 0.25) is 0 Å². The van der Waals surface area contributed by atoms with Gasteiger partial charge in [-0.15, -0.1) is 0 Å². The van der Waals surface area contributed by atoms with Crippen molar-refractivity contribution in [3.63, 3.8) is 0 Å². The van der Waals surface area contributed by atoms with E-state index in [0.717, 1.165) is 29.5 Å². The molecule has 0 aliphatic carbocycles. The van der Waals surface area contributed by atoms with Crippen LogP contribution in [0.1, 0.15) is 42.5 Å². The van der Waals surface area contributed by atoms with Gasteiger partial charge >= 0.3 is 0 Å². The monoisotopic (exact) mass is 401 g/mol. The maximum absolute atomic E-state index is 5.90. The first-order chi connectivity index (χ1) is 14.7. The van der Waals surface area contributed by atoms with Crippen molar-refractivity contribution in [2.24, 2.45) is 0 Å². The molecule has 0 spiro atoms. The average molecular weight is 402 g/mol. The van der Waals surface area contributed by atoms with Crippen LogP contribution in [0.25, 0.3) is 11.2 Å². The number of anilines is 1. The smallest absolute Gasteiger partial charge is 0.183 e. The molecule has 1 unspecified atom stereocenters. The van der Waals surface area contributed by atoms with Crippen LogP contribution in [0.15, 0.2) is 60.7 Å². The van der Waals surface area contributed by atoms with Gasteiger partial charge in [-0.1, -0.05) is 67.6 Å². The fraction of sp³-hybridized carbons (Fsp3) is 0.292. The van der Waals surface area contributed by atoms with Gasteiger partial charge in [-0.05, 0) is 18.1 Å². The van der Waals surface area contributed by atoms with Gasteiger partial charge in [0.25, 0.3) is 0 Å². The Kier molecular flexibility index (Phi) is 6.35. The molecule has 0 saturated carbocycles. The number of hydrogen-bond donors (Lipinski definition) is 2. The van der Waals surface area contributed by atoms with E-state index in [1.54, 1.807) is 0 Å². The lowest BCUT2D eigenvalue weighted by atomic mass is 10.1. The largest absolute Gasteiger partial charge is 0.376 e. The van der Waals surface area contributed by atoms with E-state index in [4.69, 9.17) is 19.7 Å². The number of hydrogen-bond acceptors (Lipinski definition) is 5. The standard InChI is InChI=1S/C24H27N5O/c1-3-25-23-21-24(27-20(26-23)14-18-10-6-4-7-11-18)29-22(28-21)17(2)15-30-16-19-12-8-5-9-13-19/h4-13,17H,3,14-16H2,1-2H3,(H2,25,26,27,28,29). The summed E-state index contributed by atoms with van der Waals surface area (Å²) in [5.41, 5.74) is 3.88. The number of fused-ring (bicyclic) bond motifs is 1. The van der Waals surface area contributed by atoms with Crippen LogP contribution in [0.4, 0.5) is 5.82 Å². The van der Waals surface area contributed by atoms with E-state index in [0.29, 0.717) is 25.3 Å². The van der Waals surface area contributed by atoms with Crippen LogP contribution in [0.5, 0.6) is 0 Å². The Morgan fingerprint density at radius 2 is 1.63 bits per heavy atom. The first-order valence-corrected chi connectivity index (χ1v) is 10.4. The second-order valence-electron chi connectivity index (χ2n) is 7.40. The van der Waals surface area contributed by atoms with E-state index >= 15 is 0 Å². The molecular weight excluding hydrogens is 374 g/mol. The molecule has 154 valence electrons. The van der Waals surface area contributed by atoms with Crippen LogP contribution in [0.3, 0.4) is 0 Å². The number of benzene rings is 2. The van der Waals surface area contributed by atoms with Crippen molar-refractivity contribution in [2.75, 3.05) is 18.5 Å². The molecule has 0 amide bonds. The summed E-state index contributed by atoms with van der Waals surface area (Å²) >= 11 is 0. The molecule has 6 heteroatoms. The fourth-order valence-electron chi connectivity index (χ4n) is 3.35. The van der Waals surface area contributed by atoms with Crippen molar-refractivity contribution in [1.29, 1.82) is 0 Å². The van der Waals surface area contributed by atoms with Gasteiger partial charge in [-0.3, -0.25) is 0 Å². The third-order valence-corrected chi connectivity index (χ3v) is 4.91. The highest BCUT2D eigenvalue weighted by molar-refractivity contribution is 5.83. The van der Waals surface area contributed by atoms with Crippen LogP contribution >= 0.6 is 0 Å². The number of H-pyrrole nitrogens is 1. The maximum atomic E-state index is 5.90. The summed E-state index contributed by atoms with van der Waals surface area (Å²) in [5.74, 6) is 2.54. The second kappa shape index (κ2) is 9.50. The topological polar surface area (TPSA) is 75.7 Å². The van der Waals surface area contributed by atoms with Gasteiger partial charge in [0.05, 0.1) is 13.2 Å². The molecule has 2 aromatic carbocycles. The third kappa shape index (κ3) is 4.83. The molecule has 0 aliphatic heterocycles. The number of rotatable bonds is 9. The predicted octanol–water partition coefficient (Wildman–Crippen LogP) is 4.70. The molecule has 0 radical (unpaired) electrons. The molecule has 2 aromatic heterocycles. The van der Waals surface area contributed by atoms with Crippen LogP contribution in [0, 0.1) is 0 Å². The minimum absolute atomic E-state index is 0.120. The van der Waals surface area contributed by atoms with E-state index in [1.807, 2.05) is 36.4 Å². The summed E-state index contributed by atoms with van der Waals surface area (Å²) in [6.45, 7) is 6.11. The zero-order chi connectivity index (χ0) is 20.8. The zero-order valence-electron chi connectivity index (χ0n) is 17.4. The van der Waals surface area contributed by atoms with Crippen LogP contribution in [-0.2, 0) is 17.8 Å². The highest BCUT2D eigenvalue weighted by Gasteiger charge is 2.16.